The second kappa shape index (κ2) is 5.18. The summed E-state index contributed by atoms with van der Waals surface area (Å²) in [6, 6.07) is 5.70. The lowest BCUT2D eigenvalue weighted by molar-refractivity contribution is -0.119. The number of anilines is 1. The van der Waals surface area contributed by atoms with Crippen molar-refractivity contribution in [1.82, 2.24) is 9.55 Å². The Hall–Kier alpha value is -1.88. The number of carbonyl (C=O) groups is 1. The van der Waals surface area contributed by atoms with Crippen LogP contribution >= 0.6 is 0 Å². The van der Waals surface area contributed by atoms with Gasteiger partial charge in [-0.15, -0.1) is 0 Å². The lowest BCUT2D eigenvalue weighted by atomic mass is 10.1. The molecule has 0 spiro atoms. The van der Waals surface area contributed by atoms with Crippen LogP contribution in [0.2, 0.25) is 0 Å². The van der Waals surface area contributed by atoms with Gasteiger partial charge in [-0.1, -0.05) is 6.92 Å². The Kier molecular flexibility index (Phi) is 3.62. The molecule has 5 nitrogen and oxygen atoms in total. The first-order valence-corrected chi connectivity index (χ1v) is 6.07. The van der Waals surface area contributed by atoms with Gasteiger partial charge in [-0.3, -0.25) is 4.79 Å². The van der Waals surface area contributed by atoms with Crippen molar-refractivity contribution >= 4 is 22.6 Å². The molecule has 1 heterocycles. The Morgan fingerprint density at radius 2 is 2.33 bits per heavy atom. The molecule has 2 aromatic rings. The van der Waals surface area contributed by atoms with E-state index in [9.17, 15) is 4.79 Å². The highest BCUT2D eigenvalue weighted by Crippen LogP contribution is 2.18. The summed E-state index contributed by atoms with van der Waals surface area (Å²) in [5.41, 5.74) is 8.23. The maximum atomic E-state index is 11.9. The number of nitrogens with one attached hydrogen (secondary N) is 1. The van der Waals surface area contributed by atoms with Crippen LogP contribution in [0.3, 0.4) is 0 Å². The van der Waals surface area contributed by atoms with E-state index in [0.29, 0.717) is 6.54 Å². The maximum absolute atomic E-state index is 11.9. The Morgan fingerprint density at radius 1 is 1.56 bits per heavy atom. The number of imidazole rings is 1. The number of nitrogens with two attached hydrogens (primary N) is 1. The molecule has 1 atom stereocenters. The zero-order valence-corrected chi connectivity index (χ0v) is 10.7. The summed E-state index contributed by atoms with van der Waals surface area (Å²) < 4.78 is 1.94. The Labute approximate surface area is 106 Å². The van der Waals surface area contributed by atoms with Crippen LogP contribution in [0.5, 0.6) is 0 Å². The van der Waals surface area contributed by atoms with E-state index in [1.165, 1.54) is 0 Å². The number of fused-ring (bicyclic) bond motifs is 1. The van der Waals surface area contributed by atoms with E-state index in [1.54, 1.807) is 6.33 Å². The van der Waals surface area contributed by atoms with E-state index in [1.807, 2.05) is 36.7 Å². The topological polar surface area (TPSA) is 72.9 Å². The first-order valence-electron chi connectivity index (χ1n) is 6.07. The van der Waals surface area contributed by atoms with Gasteiger partial charge in [0.15, 0.2) is 0 Å². The predicted molar refractivity (Wildman–Crippen MR) is 72.2 cm³/mol. The first-order chi connectivity index (χ1) is 8.65. The van der Waals surface area contributed by atoms with Crippen LogP contribution in [0.1, 0.15) is 13.3 Å². The second-order valence-electron chi connectivity index (χ2n) is 4.39. The molecule has 0 aliphatic rings. The lowest BCUT2D eigenvalue weighted by Gasteiger charge is -2.12. The fourth-order valence-corrected chi connectivity index (χ4v) is 1.92. The average molecular weight is 246 g/mol. The van der Waals surface area contributed by atoms with Gasteiger partial charge < -0.3 is 15.6 Å². The highest BCUT2D eigenvalue weighted by Gasteiger charge is 2.14. The van der Waals surface area contributed by atoms with Crippen molar-refractivity contribution in [3.63, 3.8) is 0 Å². The summed E-state index contributed by atoms with van der Waals surface area (Å²) in [6.07, 6.45) is 2.50. The van der Waals surface area contributed by atoms with E-state index in [2.05, 4.69) is 10.3 Å². The first kappa shape index (κ1) is 12.6. The van der Waals surface area contributed by atoms with Crippen molar-refractivity contribution < 1.29 is 4.79 Å². The van der Waals surface area contributed by atoms with Crippen LogP contribution in [0.15, 0.2) is 24.5 Å². The van der Waals surface area contributed by atoms with Gasteiger partial charge in [0.1, 0.15) is 0 Å². The summed E-state index contributed by atoms with van der Waals surface area (Å²) in [4.78, 5) is 16.2. The van der Waals surface area contributed by atoms with Crippen LogP contribution in [-0.4, -0.2) is 22.0 Å². The zero-order valence-electron chi connectivity index (χ0n) is 10.7. The van der Waals surface area contributed by atoms with Crippen LogP contribution in [-0.2, 0) is 11.8 Å². The molecular formula is C13H18N4O. The summed E-state index contributed by atoms with van der Waals surface area (Å²) in [7, 11) is 1.94. The van der Waals surface area contributed by atoms with Crippen LogP contribution in [0.25, 0.3) is 11.0 Å². The molecule has 0 bridgehead atoms. The summed E-state index contributed by atoms with van der Waals surface area (Å²) in [6.45, 7) is 2.33. The average Bonchev–Trinajstić information content (AvgIpc) is 2.72. The Morgan fingerprint density at radius 3 is 3.00 bits per heavy atom. The third-order valence-corrected chi connectivity index (χ3v) is 3.14. The van der Waals surface area contributed by atoms with Crippen molar-refractivity contribution in [2.24, 2.45) is 18.7 Å². The standard InChI is InChI=1S/C13H18N4O/c1-3-9(7-14)13(18)16-10-4-5-12-11(6-10)15-8-17(12)2/h4-6,8-9H,3,7,14H2,1-2H3,(H,16,18). The molecule has 3 N–H and O–H groups in total. The van der Waals surface area contributed by atoms with Gasteiger partial charge in [0, 0.05) is 19.3 Å². The Balaban J connectivity index is 2.19. The number of nitrogens with zero attached hydrogens (tertiary/aromatic N) is 2. The lowest BCUT2D eigenvalue weighted by Crippen LogP contribution is -2.28. The van der Waals surface area contributed by atoms with Gasteiger partial charge in [0.05, 0.1) is 23.3 Å². The molecule has 0 aliphatic heterocycles. The molecule has 18 heavy (non-hydrogen) atoms. The fraction of sp³-hybridized carbons (Fsp3) is 0.385. The van der Waals surface area contributed by atoms with Gasteiger partial charge in [-0.05, 0) is 24.6 Å². The van der Waals surface area contributed by atoms with Gasteiger partial charge in [-0.25, -0.2) is 4.98 Å². The highest BCUT2D eigenvalue weighted by molar-refractivity contribution is 5.94. The van der Waals surface area contributed by atoms with Crippen LogP contribution in [0.4, 0.5) is 5.69 Å². The summed E-state index contributed by atoms with van der Waals surface area (Å²) >= 11 is 0. The van der Waals surface area contributed by atoms with E-state index in [4.69, 9.17) is 5.73 Å². The minimum Gasteiger partial charge on any atom is -0.334 e. The fourth-order valence-electron chi connectivity index (χ4n) is 1.92. The number of benzene rings is 1. The minimum atomic E-state index is -0.135. The van der Waals surface area contributed by atoms with E-state index in [-0.39, 0.29) is 11.8 Å². The number of aromatic nitrogens is 2. The maximum Gasteiger partial charge on any atom is 0.228 e. The van der Waals surface area contributed by atoms with Crippen molar-refractivity contribution in [3.05, 3.63) is 24.5 Å². The molecule has 5 heteroatoms. The molecule has 0 aliphatic carbocycles. The molecule has 1 unspecified atom stereocenters. The van der Waals surface area contributed by atoms with Gasteiger partial charge in [-0.2, -0.15) is 0 Å². The number of carbonyl (C=O) groups excluding carboxylic acids is 1. The molecule has 2 rings (SSSR count). The van der Waals surface area contributed by atoms with E-state index < -0.39 is 0 Å². The number of amides is 1. The quantitative estimate of drug-likeness (QED) is 0.858. The molecule has 0 fully saturated rings. The van der Waals surface area contributed by atoms with Gasteiger partial charge >= 0.3 is 0 Å². The van der Waals surface area contributed by atoms with Gasteiger partial charge in [0.2, 0.25) is 5.91 Å². The number of hydrogen-bond acceptors (Lipinski definition) is 3. The molecule has 0 radical (unpaired) electrons. The second-order valence-corrected chi connectivity index (χ2v) is 4.39. The highest BCUT2D eigenvalue weighted by atomic mass is 16.1. The molecule has 1 aromatic heterocycles. The van der Waals surface area contributed by atoms with Gasteiger partial charge in [0.25, 0.3) is 0 Å². The third kappa shape index (κ3) is 2.36. The van der Waals surface area contributed by atoms with E-state index in [0.717, 1.165) is 23.1 Å². The zero-order chi connectivity index (χ0) is 13.1. The number of hydrogen-bond donors (Lipinski definition) is 2. The van der Waals surface area contributed by atoms with Crippen molar-refractivity contribution in [2.45, 2.75) is 13.3 Å². The Bertz CT molecular complexity index is 557. The SMILES string of the molecule is CCC(CN)C(=O)Nc1ccc2c(c1)ncn2C. The molecule has 1 amide bonds. The summed E-state index contributed by atoms with van der Waals surface area (Å²) in [5, 5.41) is 2.88. The number of aryl methyl sites for hydroxylation is 1. The predicted octanol–water partition coefficient (Wildman–Crippen LogP) is 1.50. The molecule has 0 saturated heterocycles. The van der Waals surface area contributed by atoms with E-state index >= 15 is 0 Å². The monoisotopic (exact) mass is 246 g/mol. The summed E-state index contributed by atoms with van der Waals surface area (Å²) in [5.74, 6) is -0.167. The van der Waals surface area contributed by atoms with Crippen molar-refractivity contribution in [2.75, 3.05) is 11.9 Å². The molecule has 96 valence electrons. The van der Waals surface area contributed by atoms with Crippen molar-refractivity contribution in [1.29, 1.82) is 0 Å². The minimum absolute atomic E-state index is 0.0321. The normalized spacial score (nSPS) is 12.6. The third-order valence-electron chi connectivity index (χ3n) is 3.14. The van der Waals surface area contributed by atoms with Crippen molar-refractivity contribution in [3.8, 4) is 0 Å². The van der Waals surface area contributed by atoms with Crippen LogP contribution < -0.4 is 11.1 Å². The molecule has 0 saturated carbocycles. The largest absolute Gasteiger partial charge is 0.334 e. The number of rotatable bonds is 4. The van der Waals surface area contributed by atoms with Crippen LogP contribution in [0, 0.1) is 5.92 Å². The molecule has 1 aromatic carbocycles. The smallest absolute Gasteiger partial charge is 0.228 e. The molecular weight excluding hydrogens is 228 g/mol.